The summed E-state index contributed by atoms with van der Waals surface area (Å²) in [4.78, 5) is 31.2. The number of aromatic nitrogens is 1. The molecule has 1 N–H and O–H groups in total. The summed E-state index contributed by atoms with van der Waals surface area (Å²) < 4.78 is 0. The molecule has 2 aliphatic rings. The molecule has 1 aromatic heterocycles. The van der Waals surface area contributed by atoms with E-state index in [4.69, 9.17) is 11.6 Å². The van der Waals surface area contributed by atoms with E-state index in [1.807, 2.05) is 24.1 Å². The van der Waals surface area contributed by atoms with Gasteiger partial charge in [-0.25, -0.2) is 0 Å². The average molecular weight is 384 g/mol. The van der Waals surface area contributed by atoms with Gasteiger partial charge in [0.05, 0.1) is 17.9 Å². The van der Waals surface area contributed by atoms with Crippen molar-refractivity contribution in [2.45, 2.75) is 45.1 Å². The van der Waals surface area contributed by atoms with Gasteiger partial charge in [-0.05, 0) is 60.6 Å². The molecule has 0 saturated carbocycles. The summed E-state index contributed by atoms with van der Waals surface area (Å²) in [6.07, 6.45) is 7.61. The van der Waals surface area contributed by atoms with Gasteiger partial charge in [-0.15, -0.1) is 0 Å². The molecule has 1 aliphatic heterocycles. The van der Waals surface area contributed by atoms with E-state index in [1.165, 1.54) is 0 Å². The van der Waals surface area contributed by atoms with Gasteiger partial charge in [-0.2, -0.15) is 0 Å². The summed E-state index contributed by atoms with van der Waals surface area (Å²) in [5.74, 6) is 0.0286. The number of pyridine rings is 1. The average Bonchev–Trinajstić information content (AvgIpc) is 2.68. The highest BCUT2D eigenvalue weighted by molar-refractivity contribution is 6.30. The van der Waals surface area contributed by atoms with E-state index in [0.29, 0.717) is 23.6 Å². The number of hydrogen-bond donors (Lipinski definition) is 1. The quantitative estimate of drug-likeness (QED) is 0.875. The number of nitrogens with one attached hydrogen (secondary N) is 1. The first-order valence-corrected chi connectivity index (χ1v) is 9.82. The SMILES string of the molecule is CCC(=O)NC1CCCc2c1cncc2N1CCc2cc(Cl)ccc2C1=O. The van der Waals surface area contributed by atoms with Crippen LogP contribution >= 0.6 is 11.6 Å². The summed E-state index contributed by atoms with van der Waals surface area (Å²) >= 11 is 6.07. The molecule has 1 atom stereocenters. The van der Waals surface area contributed by atoms with Crippen LogP contribution in [0.3, 0.4) is 0 Å². The summed E-state index contributed by atoms with van der Waals surface area (Å²) in [6, 6.07) is 5.41. The Morgan fingerprint density at radius 3 is 3.00 bits per heavy atom. The van der Waals surface area contributed by atoms with Crippen molar-refractivity contribution in [1.82, 2.24) is 10.3 Å². The van der Waals surface area contributed by atoms with Crippen molar-refractivity contribution in [2.75, 3.05) is 11.4 Å². The standard InChI is InChI=1S/C21H22ClN3O2/c1-2-20(26)24-18-5-3-4-16-17(18)11-23-12-19(16)25-9-8-13-10-14(22)6-7-15(13)21(25)27/h6-7,10-12,18H,2-5,8-9H2,1H3,(H,24,26). The molecule has 0 bridgehead atoms. The van der Waals surface area contributed by atoms with Gasteiger partial charge in [0, 0.05) is 29.7 Å². The predicted molar refractivity (Wildman–Crippen MR) is 105 cm³/mol. The van der Waals surface area contributed by atoms with Crippen molar-refractivity contribution in [3.63, 3.8) is 0 Å². The van der Waals surface area contributed by atoms with Gasteiger partial charge < -0.3 is 10.2 Å². The third kappa shape index (κ3) is 3.32. The van der Waals surface area contributed by atoms with Crippen LogP contribution in [0.4, 0.5) is 5.69 Å². The van der Waals surface area contributed by atoms with Crippen molar-refractivity contribution in [1.29, 1.82) is 0 Å². The minimum absolute atomic E-state index is 0.0113. The van der Waals surface area contributed by atoms with Crippen LogP contribution in [0, 0.1) is 0 Å². The molecule has 5 nitrogen and oxygen atoms in total. The molecule has 1 aliphatic carbocycles. The zero-order chi connectivity index (χ0) is 19.0. The summed E-state index contributed by atoms with van der Waals surface area (Å²) in [7, 11) is 0. The number of halogens is 1. The number of nitrogens with zero attached hydrogens (tertiary/aromatic N) is 2. The Hall–Kier alpha value is -2.40. The van der Waals surface area contributed by atoms with Crippen LogP contribution in [0.1, 0.15) is 59.3 Å². The fraction of sp³-hybridized carbons (Fsp3) is 0.381. The van der Waals surface area contributed by atoms with Gasteiger partial charge in [0.1, 0.15) is 0 Å². The highest BCUT2D eigenvalue weighted by Gasteiger charge is 2.31. The maximum atomic E-state index is 13.1. The van der Waals surface area contributed by atoms with Crippen LogP contribution < -0.4 is 10.2 Å². The normalized spacial score (nSPS) is 18.7. The Balaban J connectivity index is 1.69. The third-order valence-electron chi connectivity index (χ3n) is 5.46. The van der Waals surface area contributed by atoms with Crippen molar-refractivity contribution in [3.8, 4) is 0 Å². The molecule has 0 spiro atoms. The first-order valence-electron chi connectivity index (χ1n) is 9.45. The first kappa shape index (κ1) is 18.0. The third-order valence-corrected chi connectivity index (χ3v) is 5.69. The fourth-order valence-electron chi connectivity index (χ4n) is 4.07. The second-order valence-corrected chi connectivity index (χ2v) is 7.54. The Morgan fingerprint density at radius 2 is 2.19 bits per heavy atom. The van der Waals surface area contributed by atoms with Gasteiger partial charge in [0.25, 0.3) is 5.91 Å². The van der Waals surface area contributed by atoms with Crippen LogP contribution in [-0.2, 0) is 17.6 Å². The van der Waals surface area contributed by atoms with Gasteiger partial charge in [-0.1, -0.05) is 18.5 Å². The topological polar surface area (TPSA) is 62.3 Å². The number of carbonyl (C=O) groups excluding carboxylic acids is 2. The second-order valence-electron chi connectivity index (χ2n) is 7.10. The van der Waals surface area contributed by atoms with Gasteiger partial charge in [0.2, 0.25) is 5.91 Å². The molecular formula is C21H22ClN3O2. The highest BCUT2D eigenvalue weighted by Crippen LogP contribution is 2.37. The number of hydrogen-bond acceptors (Lipinski definition) is 3. The summed E-state index contributed by atoms with van der Waals surface area (Å²) in [5.41, 5.74) is 4.73. The number of amides is 2. The predicted octanol–water partition coefficient (Wildman–Crippen LogP) is 3.84. The summed E-state index contributed by atoms with van der Waals surface area (Å²) in [6.45, 7) is 2.46. The maximum absolute atomic E-state index is 13.1. The number of rotatable bonds is 3. The number of benzene rings is 1. The van der Waals surface area contributed by atoms with E-state index in [0.717, 1.165) is 48.1 Å². The molecular weight excluding hydrogens is 362 g/mol. The largest absolute Gasteiger partial charge is 0.349 e. The van der Waals surface area contributed by atoms with Crippen molar-refractivity contribution >= 4 is 29.1 Å². The van der Waals surface area contributed by atoms with E-state index >= 15 is 0 Å². The molecule has 2 aromatic rings. The molecule has 6 heteroatoms. The van der Waals surface area contributed by atoms with Crippen molar-refractivity contribution < 1.29 is 9.59 Å². The van der Waals surface area contributed by atoms with Crippen LogP contribution in [0.5, 0.6) is 0 Å². The first-order chi connectivity index (χ1) is 13.1. The second kappa shape index (κ2) is 7.31. The lowest BCUT2D eigenvalue weighted by Gasteiger charge is -2.33. The Morgan fingerprint density at radius 1 is 1.33 bits per heavy atom. The molecule has 0 fully saturated rings. The van der Waals surface area contributed by atoms with Crippen LogP contribution in [-0.4, -0.2) is 23.3 Å². The molecule has 2 amide bonds. The zero-order valence-corrected chi connectivity index (χ0v) is 16.1. The minimum Gasteiger partial charge on any atom is -0.349 e. The smallest absolute Gasteiger partial charge is 0.258 e. The van der Waals surface area contributed by atoms with Crippen LogP contribution in [0.15, 0.2) is 30.6 Å². The molecule has 140 valence electrons. The molecule has 27 heavy (non-hydrogen) atoms. The maximum Gasteiger partial charge on any atom is 0.258 e. The van der Waals surface area contributed by atoms with E-state index in [-0.39, 0.29) is 17.9 Å². The lowest BCUT2D eigenvalue weighted by molar-refractivity contribution is -0.121. The molecule has 2 heterocycles. The molecule has 1 aromatic carbocycles. The lowest BCUT2D eigenvalue weighted by atomic mass is 9.87. The lowest BCUT2D eigenvalue weighted by Crippen LogP contribution is -2.39. The fourth-order valence-corrected chi connectivity index (χ4v) is 4.26. The number of anilines is 1. The monoisotopic (exact) mass is 383 g/mol. The molecule has 1 unspecified atom stereocenters. The van der Waals surface area contributed by atoms with Crippen LogP contribution in [0.25, 0.3) is 0 Å². The van der Waals surface area contributed by atoms with E-state index in [9.17, 15) is 9.59 Å². The van der Waals surface area contributed by atoms with Crippen LogP contribution in [0.2, 0.25) is 5.02 Å². The Labute approximate surface area is 163 Å². The number of fused-ring (bicyclic) bond motifs is 2. The minimum atomic E-state index is -0.0281. The number of carbonyl (C=O) groups is 2. The summed E-state index contributed by atoms with van der Waals surface area (Å²) in [5, 5.41) is 3.75. The Bertz CT molecular complexity index is 912. The van der Waals surface area contributed by atoms with Gasteiger partial charge >= 0.3 is 0 Å². The van der Waals surface area contributed by atoms with Gasteiger partial charge in [-0.3, -0.25) is 14.6 Å². The highest BCUT2D eigenvalue weighted by atomic mass is 35.5. The van der Waals surface area contributed by atoms with Crippen molar-refractivity contribution in [2.24, 2.45) is 0 Å². The van der Waals surface area contributed by atoms with Crippen molar-refractivity contribution in [3.05, 3.63) is 57.9 Å². The molecule has 0 radical (unpaired) electrons. The molecule has 4 rings (SSSR count). The zero-order valence-electron chi connectivity index (χ0n) is 15.3. The van der Waals surface area contributed by atoms with E-state index in [2.05, 4.69) is 10.3 Å². The van der Waals surface area contributed by atoms with Gasteiger partial charge in [0.15, 0.2) is 0 Å². The molecule has 0 saturated heterocycles. The Kier molecular flexibility index (Phi) is 4.87. The van der Waals surface area contributed by atoms with E-state index < -0.39 is 0 Å². The van der Waals surface area contributed by atoms with E-state index in [1.54, 1.807) is 18.3 Å².